The summed E-state index contributed by atoms with van der Waals surface area (Å²) in [7, 11) is 0. The van der Waals surface area contributed by atoms with Gasteiger partial charge in [-0.3, -0.25) is 0 Å². The largest absolute Gasteiger partial charge is 0.488 e. The van der Waals surface area contributed by atoms with E-state index in [0.717, 1.165) is 29.7 Å². The van der Waals surface area contributed by atoms with E-state index in [1.165, 1.54) is 12.3 Å². The number of rotatable bonds is 3. The topological polar surface area (TPSA) is 47.9 Å². The van der Waals surface area contributed by atoms with E-state index in [-0.39, 0.29) is 5.60 Å². The molecule has 1 aliphatic heterocycles. The standard InChI is InChI=1S/C19H18ClNO3/c1-19(2)9-8-14-10-13(6-7-17(14)23-19)12-21-24-18(22)15-4-3-5-16(20)11-15/h3-7,10-12H,8-9H2,1-2H3/b21-12-. The highest BCUT2D eigenvalue weighted by Crippen LogP contribution is 2.33. The minimum atomic E-state index is -0.545. The van der Waals surface area contributed by atoms with Crippen LogP contribution in [0.5, 0.6) is 5.75 Å². The van der Waals surface area contributed by atoms with Crippen LogP contribution in [0.1, 0.15) is 41.8 Å². The summed E-state index contributed by atoms with van der Waals surface area (Å²) in [6.07, 6.45) is 3.43. The highest BCUT2D eigenvalue weighted by molar-refractivity contribution is 6.30. The maximum Gasteiger partial charge on any atom is 0.365 e. The van der Waals surface area contributed by atoms with Crippen molar-refractivity contribution in [3.05, 3.63) is 64.2 Å². The third-order valence-electron chi connectivity index (χ3n) is 3.86. The summed E-state index contributed by atoms with van der Waals surface area (Å²) in [5.74, 6) is 0.358. The molecular formula is C19H18ClNO3. The number of aryl methyl sites for hydroxylation is 1. The molecule has 1 aliphatic rings. The molecule has 0 N–H and O–H groups in total. The number of carbonyl (C=O) groups is 1. The van der Waals surface area contributed by atoms with E-state index in [0.29, 0.717) is 10.6 Å². The Morgan fingerprint density at radius 3 is 2.92 bits per heavy atom. The zero-order valence-corrected chi connectivity index (χ0v) is 14.3. The lowest BCUT2D eigenvalue weighted by Crippen LogP contribution is -2.32. The maximum atomic E-state index is 11.9. The van der Waals surface area contributed by atoms with Gasteiger partial charge in [-0.05, 0) is 74.2 Å². The van der Waals surface area contributed by atoms with Crippen molar-refractivity contribution in [2.75, 3.05) is 0 Å². The van der Waals surface area contributed by atoms with Gasteiger partial charge in [0, 0.05) is 5.02 Å². The van der Waals surface area contributed by atoms with Gasteiger partial charge >= 0.3 is 5.97 Å². The Balaban J connectivity index is 1.66. The number of ether oxygens (including phenoxy) is 1. The fraction of sp³-hybridized carbons (Fsp3) is 0.263. The molecule has 0 aromatic heterocycles. The number of hydrogen-bond acceptors (Lipinski definition) is 4. The summed E-state index contributed by atoms with van der Waals surface area (Å²) in [4.78, 5) is 16.8. The van der Waals surface area contributed by atoms with Gasteiger partial charge in [0.2, 0.25) is 0 Å². The van der Waals surface area contributed by atoms with Crippen molar-refractivity contribution in [2.45, 2.75) is 32.3 Å². The van der Waals surface area contributed by atoms with Crippen LogP contribution < -0.4 is 4.74 Å². The Hall–Kier alpha value is -2.33. The van der Waals surface area contributed by atoms with Crippen LogP contribution in [0.15, 0.2) is 47.6 Å². The van der Waals surface area contributed by atoms with E-state index in [1.807, 2.05) is 18.2 Å². The number of benzene rings is 2. The molecule has 124 valence electrons. The second kappa shape index (κ2) is 6.65. The molecule has 0 fully saturated rings. The lowest BCUT2D eigenvalue weighted by atomic mass is 9.93. The highest BCUT2D eigenvalue weighted by Gasteiger charge is 2.26. The third-order valence-corrected chi connectivity index (χ3v) is 4.10. The number of carbonyl (C=O) groups excluding carboxylic acids is 1. The van der Waals surface area contributed by atoms with Crippen LogP contribution in [0.3, 0.4) is 0 Å². The van der Waals surface area contributed by atoms with E-state index in [2.05, 4.69) is 19.0 Å². The number of halogens is 1. The Morgan fingerprint density at radius 2 is 2.12 bits per heavy atom. The summed E-state index contributed by atoms with van der Waals surface area (Å²) in [5, 5.41) is 4.24. The van der Waals surface area contributed by atoms with E-state index < -0.39 is 5.97 Å². The van der Waals surface area contributed by atoms with Gasteiger partial charge in [-0.15, -0.1) is 0 Å². The molecule has 0 saturated heterocycles. The van der Waals surface area contributed by atoms with Crippen molar-refractivity contribution < 1.29 is 14.4 Å². The van der Waals surface area contributed by atoms with Crippen LogP contribution in [-0.2, 0) is 11.3 Å². The predicted octanol–water partition coefficient (Wildman–Crippen LogP) is 4.63. The Morgan fingerprint density at radius 1 is 1.29 bits per heavy atom. The second-order valence-corrected chi connectivity index (χ2v) is 6.79. The average Bonchev–Trinajstić information content (AvgIpc) is 2.54. The van der Waals surface area contributed by atoms with Crippen LogP contribution in [0.2, 0.25) is 5.02 Å². The smallest absolute Gasteiger partial charge is 0.365 e. The molecule has 0 radical (unpaired) electrons. The minimum Gasteiger partial charge on any atom is -0.488 e. The van der Waals surface area contributed by atoms with Crippen LogP contribution in [-0.4, -0.2) is 17.8 Å². The van der Waals surface area contributed by atoms with Crippen LogP contribution in [0, 0.1) is 0 Å². The van der Waals surface area contributed by atoms with Crippen molar-refractivity contribution in [3.63, 3.8) is 0 Å². The molecule has 0 aliphatic carbocycles. The van der Waals surface area contributed by atoms with Crippen LogP contribution >= 0.6 is 11.6 Å². The van der Waals surface area contributed by atoms with Gasteiger partial charge in [0.25, 0.3) is 0 Å². The fourth-order valence-corrected chi connectivity index (χ4v) is 2.75. The first-order valence-electron chi connectivity index (χ1n) is 7.75. The third kappa shape index (κ3) is 3.95. The molecule has 24 heavy (non-hydrogen) atoms. The molecule has 2 aromatic carbocycles. The number of oxime groups is 1. The van der Waals surface area contributed by atoms with Crippen molar-refractivity contribution in [1.29, 1.82) is 0 Å². The molecule has 0 amide bonds. The maximum absolute atomic E-state index is 11.9. The summed E-state index contributed by atoms with van der Waals surface area (Å²) < 4.78 is 5.94. The Kier molecular flexibility index (Phi) is 4.58. The molecule has 0 atom stereocenters. The Bertz CT molecular complexity index is 799. The number of hydrogen-bond donors (Lipinski definition) is 0. The minimum absolute atomic E-state index is 0.130. The molecule has 5 heteroatoms. The molecule has 0 spiro atoms. The van der Waals surface area contributed by atoms with E-state index in [1.54, 1.807) is 18.2 Å². The number of fused-ring (bicyclic) bond motifs is 1. The summed E-state index contributed by atoms with van der Waals surface area (Å²) in [6, 6.07) is 12.4. The zero-order valence-electron chi connectivity index (χ0n) is 13.6. The monoisotopic (exact) mass is 343 g/mol. The van der Waals surface area contributed by atoms with E-state index in [4.69, 9.17) is 21.2 Å². The Labute approximate surface area is 146 Å². The lowest BCUT2D eigenvalue weighted by molar-refractivity contribution is 0.0519. The highest BCUT2D eigenvalue weighted by atomic mass is 35.5. The summed E-state index contributed by atoms with van der Waals surface area (Å²) in [6.45, 7) is 4.17. The van der Waals surface area contributed by atoms with Gasteiger partial charge in [-0.1, -0.05) is 22.8 Å². The average molecular weight is 344 g/mol. The van der Waals surface area contributed by atoms with Crippen LogP contribution in [0.25, 0.3) is 0 Å². The van der Waals surface area contributed by atoms with Gasteiger partial charge in [0.1, 0.15) is 11.4 Å². The first-order chi connectivity index (χ1) is 11.4. The van der Waals surface area contributed by atoms with E-state index >= 15 is 0 Å². The molecule has 0 unspecified atom stereocenters. The fourth-order valence-electron chi connectivity index (χ4n) is 2.56. The molecule has 0 bridgehead atoms. The molecule has 3 rings (SSSR count). The quantitative estimate of drug-likeness (QED) is 0.463. The van der Waals surface area contributed by atoms with Crippen molar-refractivity contribution in [2.24, 2.45) is 5.16 Å². The first-order valence-corrected chi connectivity index (χ1v) is 8.13. The molecular weight excluding hydrogens is 326 g/mol. The normalized spacial score (nSPS) is 15.6. The van der Waals surface area contributed by atoms with Gasteiger partial charge in [0.05, 0.1) is 11.8 Å². The summed E-state index contributed by atoms with van der Waals surface area (Å²) in [5.41, 5.74) is 2.23. The first kappa shape index (κ1) is 16.5. The molecule has 1 heterocycles. The van der Waals surface area contributed by atoms with Crippen molar-refractivity contribution in [1.82, 2.24) is 0 Å². The molecule has 4 nitrogen and oxygen atoms in total. The van der Waals surface area contributed by atoms with Gasteiger partial charge in [0.15, 0.2) is 0 Å². The van der Waals surface area contributed by atoms with Crippen molar-refractivity contribution in [3.8, 4) is 5.75 Å². The van der Waals surface area contributed by atoms with Gasteiger partial charge in [-0.2, -0.15) is 0 Å². The van der Waals surface area contributed by atoms with Gasteiger partial charge < -0.3 is 9.57 Å². The lowest BCUT2D eigenvalue weighted by Gasteiger charge is -2.32. The zero-order chi connectivity index (χ0) is 17.2. The van der Waals surface area contributed by atoms with Crippen molar-refractivity contribution >= 4 is 23.8 Å². The number of nitrogens with zero attached hydrogens (tertiary/aromatic N) is 1. The molecule has 0 saturated carbocycles. The van der Waals surface area contributed by atoms with Gasteiger partial charge in [-0.25, -0.2) is 4.79 Å². The SMILES string of the molecule is CC1(C)CCc2cc(/C=N\OC(=O)c3cccc(Cl)c3)ccc2O1. The molecule has 2 aromatic rings. The van der Waals surface area contributed by atoms with E-state index in [9.17, 15) is 4.79 Å². The van der Waals surface area contributed by atoms with Crippen LogP contribution in [0.4, 0.5) is 0 Å². The predicted molar refractivity (Wildman–Crippen MR) is 93.9 cm³/mol. The summed E-state index contributed by atoms with van der Waals surface area (Å²) >= 11 is 5.85. The second-order valence-electron chi connectivity index (χ2n) is 6.35.